The lowest BCUT2D eigenvalue weighted by atomic mass is 10.1. The van der Waals surface area contributed by atoms with Gasteiger partial charge in [0.05, 0.1) is 12.9 Å². The van der Waals surface area contributed by atoms with Crippen LogP contribution in [-0.4, -0.2) is 45.2 Å². The summed E-state index contributed by atoms with van der Waals surface area (Å²) in [5, 5.41) is 0. The minimum Gasteiger partial charge on any atom is -0.343 e. The molecule has 0 aromatic carbocycles. The lowest BCUT2D eigenvalue weighted by molar-refractivity contribution is -0.132. The number of likely N-dealkylation sites (tertiary alicyclic amines) is 1. The third-order valence-corrected chi connectivity index (χ3v) is 3.14. The van der Waals surface area contributed by atoms with Gasteiger partial charge in [0.1, 0.15) is 0 Å². The molecule has 94 valence electrons. The Kier molecular flexibility index (Phi) is 5.21. The molecule has 0 saturated carbocycles. The molecule has 1 rings (SSSR count). The molecule has 1 amide bonds. The van der Waals surface area contributed by atoms with Crippen LogP contribution in [0.5, 0.6) is 0 Å². The van der Waals surface area contributed by atoms with E-state index in [1.165, 1.54) is 6.42 Å². The van der Waals surface area contributed by atoms with Crippen LogP contribution < -0.4 is 0 Å². The van der Waals surface area contributed by atoms with E-state index in [0.29, 0.717) is 12.8 Å². The number of nitrogens with zero attached hydrogens (tertiary/aromatic N) is 1. The van der Waals surface area contributed by atoms with Crippen molar-refractivity contribution < 1.29 is 17.4 Å². The summed E-state index contributed by atoms with van der Waals surface area (Å²) in [4.78, 5) is 13.5. The number of piperidine rings is 1. The summed E-state index contributed by atoms with van der Waals surface area (Å²) in [5.74, 6) is 0.108. The lowest BCUT2D eigenvalue weighted by Crippen LogP contribution is -2.35. The average molecular weight is 249 g/mol. The van der Waals surface area contributed by atoms with E-state index >= 15 is 0 Å². The van der Waals surface area contributed by atoms with E-state index in [1.807, 2.05) is 4.90 Å². The minimum absolute atomic E-state index is 0.0956. The Morgan fingerprint density at radius 2 is 1.88 bits per heavy atom. The average Bonchev–Trinajstić information content (AvgIpc) is 2.24. The molecule has 0 atom stereocenters. The molecule has 1 aliphatic heterocycles. The van der Waals surface area contributed by atoms with Gasteiger partial charge in [-0.25, -0.2) is 0 Å². The first-order valence-corrected chi connectivity index (χ1v) is 7.43. The Labute approximate surface area is 96.9 Å². The van der Waals surface area contributed by atoms with E-state index in [0.717, 1.165) is 32.2 Å². The van der Waals surface area contributed by atoms with Crippen LogP contribution in [0.3, 0.4) is 0 Å². The largest absolute Gasteiger partial charge is 0.343 e. The molecule has 1 aliphatic rings. The van der Waals surface area contributed by atoms with Gasteiger partial charge in [0.15, 0.2) is 0 Å². The van der Waals surface area contributed by atoms with Gasteiger partial charge in [-0.2, -0.15) is 8.42 Å². The van der Waals surface area contributed by atoms with Gasteiger partial charge in [-0.15, -0.1) is 0 Å². The number of hydrogen-bond acceptors (Lipinski definition) is 4. The quantitative estimate of drug-likeness (QED) is 0.533. The minimum atomic E-state index is -3.37. The maximum Gasteiger partial charge on any atom is 0.264 e. The van der Waals surface area contributed by atoms with Crippen molar-refractivity contribution in [1.82, 2.24) is 4.90 Å². The first-order valence-electron chi connectivity index (χ1n) is 5.61. The highest BCUT2D eigenvalue weighted by molar-refractivity contribution is 7.85. The van der Waals surface area contributed by atoms with Crippen LogP contribution in [-0.2, 0) is 19.1 Å². The SMILES string of the molecule is CS(=O)(=O)OCCCC(=O)N1CCCCC1. The topological polar surface area (TPSA) is 63.7 Å². The molecule has 1 heterocycles. The fourth-order valence-electron chi connectivity index (χ4n) is 1.74. The summed E-state index contributed by atoms with van der Waals surface area (Å²) in [5.41, 5.74) is 0. The van der Waals surface area contributed by atoms with Crippen molar-refractivity contribution >= 4 is 16.0 Å². The molecular weight excluding hydrogens is 230 g/mol. The zero-order valence-electron chi connectivity index (χ0n) is 9.65. The number of rotatable bonds is 5. The van der Waals surface area contributed by atoms with Gasteiger partial charge >= 0.3 is 0 Å². The predicted molar refractivity (Wildman–Crippen MR) is 60.5 cm³/mol. The molecule has 0 aromatic rings. The Bertz CT molecular complexity index is 320. The van der Waals surface area contributed by atoms with Crippen LogP contribution in [0, 0.1) is 0 Å². The molecule has 0 aliphatic carbocycles. The van der Waals surface area contributed by atoms with E-state index in [2.05, 4.69) is 4.18 Å². The summed E-state index contributed by atoms with van der Waals surface area (Å²) in [6.07, 6.45) is 5.19. The van der Waals surface area contributed by atoms with Gasteiger partial charge in [-0.1, -0.05) is 0 Å². The Morgan fingerprint density at radius 1 is 1.25 bits per heavy atom. The van der Waals surface area contributed by atoms with Crippen LogP contribution in [0.25, 0.3) is 0 Å². The number of amides is 1. The van der Waals surface area contributed by atoms with Crippen molar-refractivity contribution in [3.8, 4) is 0 Å². The highest BCUT2D eigenvalue weighted by atomic mass is 32.2. The van der Waals surface area contributed by atoms with Gasteiger partial charge in [-0.05, 0) is 25.7 Å². The zero-order valence-corrected chi connectivity index (χ0v) is 10.5. The molecule has 0 radical (unpaired) electrons. The molecule has 6 heteroatoms. The molecule has 16 heavy (non-hydrogen) atoms. The van der Waals surface area contributed by atoms with E-state index in [4.69, 9.17) is 0 Å². The van der Waals surface area contributed by atoms with Gasteiger partial charge < -0.3 is 4.90 Å². The first-order chi connectivity index (χ1) is 7.49. The maximum absolute atomic E-state index is 11.6. The molecule has 0 aromatic heterocycles. The molecule has 0 spiro atoms. The van der Waals surface area contributed by atoms with Gasteiger partial charge in [0.25, 0.3) is 10.1 Å². The summed E-state index contributed by atoms with van der Waals surface area (Å²) < 4.78 is 25.9. The van der Waals surface area contributed by atoms with E-state index in [-0.39, 0.29) is 12.5 Å². The molecule has 0 bridgehead atoms. The Hall–Kier alpha value is -0.620. The summed E-state index contributed by atoms with van der Waals surface area (Å²) in [6, 6.07) is 0. The molecule has 0 unspecified atom stereocenters. The van der Waals surface area contributed by atoms with Crippen LogP contribution in [0.2, 0.25) is 0 Å². The molecular formula is C10H19NO4S. The maximum atomic E-state index is 11.6. The Morgan fingerprint density at radius 3 is 2.44 bits per heavy atom. The second kappa shape index (κ2) is 6.20. The van der Waals surface area contributed by atoms with Gasteiger partial charge in [0.2, 0.25) is 5.91 Å². The van der Waals surface area contributed by atoms with Crippen molar-refractivity contribution in [3.63, 3.8) is 0 Å². The second-order valence-electron chi connectivity index (χ2n) is 4.07. The smallest absolute Gasteiger partial charge is 0.264 e. The van der Waals surface area contributed by atoms with Crippen LogP contribution in [0.4, 0.5) is 0 Å². The molecule has 5 nitrogen and oxygen atoms in total. The van der Waals surface area contributed by atoms with Crippen molar-refractivity contribution in [1.29, 1.82) is 0 Å². The highest BCUT2D eigenvalue weighted by Gasteiger charge is 2.15. The van der Waals surface area contributed by atoms with E-state index in [1.54, 1.807) is 0 Å². The second-order valence-corrected chi connectivity index (χ2v) is 5.72. The van der Waals surface area contributed by atoms with Crippen molar-refractivity contribution in [2.75, 3.05) is 26.0 Å². The Balaban J connectivity index is 2.14. The number of carbonyl (C=O) groups is 1. The predicted octanol–water partition coefficient (Wildman–Crippen LogP) is 0.755. The third kappa shape index (κ3) is 5.46. The normalized spacial score (nSPS) is 17.4. The van der Waals surface area contributed by atoms with Gasteiger partial charge in [-0.3, -0.25) is 8.98 Å². The summed E-state index contributed by atoms with van der Waals surface area (Å²) >= 11 is 0. The summed E-state index contributed by atoms with van der Waals surface area (Å²) in [7, 11) is -3.37. The third-order valence-electron chi connectivity index (χ3n) is 2.54. The van der Waals surface area contributed by atoms with Crippen molar-refractivity contribution in [3.05, 3.63) is 0 Å². The summed E-state index contributed by atoms with van der Waals surface area (Å²) in [6.45, 7) is 1.77. The molecule has 0 N–H and O–H groups in total. The van der Waals surface area contributed by atoms with Crippen LogP contribution >= 0.6 is 0 Å². The molecule has 1 fully saturated rings. The fraction of sp³-hybridized carbons (Fsp3) is 0.900. The highest BCUT2D eigenvalue weighted by Crippen LogP contribution is 2.10. The van der Waals surface area contributed by atoms with Crippen LogP contribution in [0.1, 0.15) is 32.1 Å². The monoisotopic (exact) mass is 249 g/mol. The zero-order chi connectivity index (χ0) is 12.0. The number of carbonyl (C=O) groups excluding carboxylic acids is 1. The van der Waals surface area contributed by atoms with E-state index < -0.39 is 10.1 Å². The van der Waals surface area contributed by atoms with Crippen molar-refractivity contribution in [2.24, 2.45) is 0 Å². The standard InChI is InChI=1S/C10H19NO4S/c1-16(13,14)15-9-5-6-10(12)11-7-3-2-4-8-11/h2-9H2,1H3. The molecule has 1 saturated heterocycles. The fourth-order valence-corrected chi connectivity index (χ4v) is 2.16. The first kappa shape index (κ1) is 13.4. The number of hydrogen-bond donors (Lipinski definition) is 0. The van der Waals surface area contributed by atoms with Crippen molar-refractivity contribution in [2.45, 2.75) is 32.1 Å². The van der Waals surface area contributed by atoms with Crippen LogP contribution in [0.15, 0.2) is 0 Å². The van der Waals surface area contributed by atoms with E-state index in [9.17, 15) is 13.2 Å². The van der Waals surface area contributed by atoms with Gasteiger partial charge in [0, 0.05) is 19.5 Å². The lowest BCUT2D eigenvalue weighted by Gasteiger charge is -2.26.